The van der Waals surface area contributed by atoms with Crippen molar-refractivity contribution in [3.05, 3.63) is 69.5 Å². The topological polar surface area (TPSA) is 68.1 Å². The highest BCUT2D eigenvalue weighted by Crippen LogP contribution is 2.21. The van der Waals surface area contributed by atoms with Gasteiger partial charge < -0.3 is 5.32 Å². The number of aromatic nitrogens is 1. The van der Waals surface area contributed by atoms with Crippen molar-refractivity contribution >= 4 is 5.69 Å². The molecule has 0 aliphatic rings. The minimum absolute atomic E-state index is 0.0891. The lowest BCUT2D eigenvalue weighted by Gasteiger charge is -2.17. The molecule has 1 heterocycles. The van der Waals surface area contributed by atoms with E-state index in [1.807, 2.05) is 31.3 Å². The zero-order valence-corrected chi connectivity index (χ0v) is 12.2. The third-order valence-electron chi connectivity index (χ3n) is 3.42. The summed E-state index contributed by atoms with van der Waals surface area (Å²) in [6, 6.07) is 10.9. The van der Waals surface area contributed by atoms with Crippen molar-refractivity contribution in [3.63, 3.8) is 0 Å². The van der Waals surface area contributed by atoms with E-state index in [1.165, 1.54) is 6.07 Å². The Balaban J connectivity index is 2.07. The van der Waals surface area contributed by atoms with Gasteiger partial charge >= 0.3 is 0 Å². The number of nitro benzene ring substituents is 1. The average Bonchev–Trinajstić information content (AvgIpc) is 2.50. The van der Waals surface area contributed by atoms with Crippen molar-refractivity contribution in [1.82, 2.24) is 10.3 Å². The maximum Gasteiger partial charge on any atom is 0.269 e. The zero-order chi connectivity index (χ0) is 15.2. The summed E-state index contributed by atoms with van der Waals surface area (Å²) in [5.74, 6) is 0. The number of hydrogen-bond donors (Lipinski definition) is 1. The van der Waals surface area contributed by atoms with E-state index in [1.54, 1.807) is 12.1 Å². The molecule has 0 bridgehead atoms. The Hall–Kier alpha value is -2.27. The zero-order valence-electron chi connectivity index (χ0n) is 12.2. The fraction of sp³-hybridized carbons (Fsp3) is 0.312. The molecule has 1 unspecified atom stereocenters. The Morgan fingerprint density at radius 2 is 2.14 bits per heavy atom. The number of nitrogens with zero attached hydrogens (tertiary/aromatic N) is 2. The van der Waals surface area contributed by atoms with Crippen LogP contribution in [0.4, 0.5) is 5.69 Å². The van der Waals surface area contributed by atoms with Crippen molar-refractivity contribution in [2.75, 3.05) is 0 Å². The van der Waals surface area contributed by atoms with E-state index >= 15 is 0 Å². The lowest BCUT2D eigenvalue weighted by atomic mass is 10.0. The summed E-state index contributed by atoms with van der Waals surface area (Å²) in [5, 5.41) is 14.3. The maximum absolute atomic E-state index is 10.9. The van der Waals surface area contributed by atoms with Crippen LogP contribution in [-0.4, -0.2) is 9.91 Å². The Labute approximate surface area is 124 Å². The molecule has 0 aliphatic heterocycles. The largest absolute Gasteiger partial charge is 0.306 e. The molecular formula is C16H19N3O2. The molecule has 110 valence electrons. The van der Waals surface area contributed by atoms with E-state index < -0.39 is 0 Å². The predicted octanol–water partition coefficient (Wildman–Crippen LogP) is 3.54. The molecule has 5 nitrogen and oxygen atoms in total. The highest BCUT2D eigenvalue weighted by molar-refractivity contribution is 5.35. The van der Waals surface area contributed by atoms with Crippen LogP contribution in [0.15, 0.2) is 42.6 Å². The molecular weight excluding hydrogens is 266 g/mol. The van der Waals surface area contributed by atoms with Gasteiger partial charge in [0.05, 0.1) is 4.92 Å². The third kappa shape index (κ3) is 4.10. The van der Waals surface area contributed by atoms with Crippen LogP contribution < -0.4 is 5.32 Å². The van der Waals surface area contributed by atoms with Crippen LogP contribution in [0.1, 0.15) is 36.2 Å². The normalized spacial score (nSPS) is 12.1. The molecule has 5 heteroatoms. The lowest BCUT2D eigenvalue weighted by molar-refractivity contribution is -0.384. The molecule has 0 fully saturated rings. The smallest absolute Gasteiger partial charge is 0.269 e. The second-order valence-corrected chi connectivity index (χ2v) is 5.00. The van der Waals surface area contributed by atoms with Gasteiger partial charge in [-0.1, -0.05) is 25.1 Å². The first kappa shape index (κ1) is 15.1. The highest BCUT2D eigenvalue weighted by atomic mass is 16.6. The van der Waals surface area contributed by atoms with Gasteiger partial charge in [0.25, 0.3) is 5.69 Å². The first-order valence-electron chi connectivity index (χ1n) is 6.99. The summed E-state index contributed by atoms with van der Waals surface area (Å²) in [6.07, 6.45) is 2.71. The fourth-order valence-electron chi connectivity index (χ4n) is 2.20. The summed E-state index contributed by atoms with van der Waals surface area (Å²) < 4.78 is 0. The van der Waals surface area contributed by atoms with Crippen LogP contribution in [-0.2, 0) is 6.54 Å². The van der Waals surface area contributed by atoms with Crippen molar-refractivity contribution < 1.29 is 4.92 Å². The van der Waals surface area contributed by atoms with E-state index in [-0.39, 0.29) is 16.7 Å². The van der Waals surface area contributed by atoms with E-state index in [4.69, 9.17) is 0 Å². The predicted molar refractivity (Wildman–Crippen MR) is 81.9 cm³/mol. The molecule has 0 radical (unpaired) electrons. The number of non-ortho nitro benzene ring substituents is 1. The van der Waals surface area contributed by atoms with Crippen molar-refractivity contribution in [2.45, 2.75) is 32.9 Å². The average molecular weight is 285 g/mol. The van der Waals surface area contributed by atoms with E-state index in [0.717, 1.165) is 23.2 Å². The summed E-state index contributed by atoms with van der Waals surface area (Å²) in [4.78, 5) is 14.8. The molecule has 1 N–H and O–H groups in total. The van der Waals surface area contributed by atoms with Gasteiger partial charge in [-0.05, 0) is 30.5 Å². The Morgan fingerprint density at radius 3 is 2.76 bits per heavy atom. The van der Waals surface area contributed by atoms with Gasteiger partial charge in [0.15, 0.2) is 0 Å². The van der Waals surface area contributed by atoms with Crippen LogP contribution in [0, 0.1) is 17.0 Å². The van der Waals surface area contributed by atoms with Gasteiger partial charge in [-0.3, -0.25) is 15.1 Å². The standard InChI is InChI=1S/C16H19N3O2/c1-3-16(14-5-4-6-15(9-14)19(20)21)18-11-13-8-7-12(2)17-10-13/h4-10,16,18H,3,11H2,1-2H3. The number of benzene rings is 1. The summed E-state index contributed by atoms with van der Waals surface area (Å²) in [6.45, 7) is 4.70. The second kappa shape index (κ2) is 6.95. The quantitative estimate of drug-likeness (QED) is 0.651. The summed E-state index contributed by atoms with van der Waals surface area (Å²) in [5.41, 5.74) is 3.16. The number of nitrogens with one attached hydrogen (secondary N) is 1. The van der Waals surface area contributed by atoms with Crippen molar-refractivity contribution in [2.24, 2.45) is 0 Å². The molecule has 1 atom stereocenters. The maximum atomic E-state index is 10.9. The van der Waals surface area contributed by atoms with Gasteiger partial charge in [0.2, 0.25) is 0 Å². The van der Waals surface area contributed by atoms with E-state index in [9.17, 15) is 10.1 Å². The van der Waals surface area contributed by atoms with Gasteiger partial charge in [-0.15, -0.1) is 0 Å². The molecule has 0 aliphatic carbocycles. The van der Waals surface area contributed by atoms with Crippen LogP contribution in [0.3, 0.4) is 0 Å². The molecule has 2 rings (SSSR count). The molecule has 0 saturated carbocycles. The first-order chi connectivity index (χ1) is 10.1. The number of rotatable bonds is 6. The van der Waals surface area contributed by atoms with E-state index in [0.29, 0.717) is 6.54 Å². The van der Waals surface area contributed by atoms with Crippen LogP contribution >= 0.6 is 0 Å². The van der Waals surface area contributed by atoms with Crippen LogP contribution in [0.5, 0.6) is 0 Å². The monoisotopic (exact) mass is 285 g/mol. The number of hydrogen-bond acceptors (Lipinski definition) is 4. The molecule has 1 aromatic heterocycles. The van der Waals surface area contributed by atoms with Gasteiger partial charge in [-0.25, -0.2) is 0 Å². The van der Waals surface area contributed by atoms with Crippen molar-refractivity contribution in [3.8, 4) is 0 Å². The van der Waals surface area contributed by atoms with Gasteiger partial charge in [0.1, 0.15) is 0 Å². The van der Waals surface area contributed by atoms with E-state index in [2.05, 4.69) is 17.2 Å². The SMILES string of the molecule is CCC(NCc1ccc(C)nc1)c1cccc([N+](=O)[O-])c1. The molecule has 0 saturated heterocycles. The Bertz CT molecular complexity index is 611. The summed E-state index contributed by atoms with van der Waals surface area (Å²) >= 11 is 0. The molecule has 0 amide bonds. The molecule has 0 spiro atoms. The Morgan fingerprint density at radius 1 is 1.33 bits per heavy atom. The minimum atomic E-state index is -0.361. The summed E-state index contributed by atoms with van der Waals surface area (Å²) in [7, 11) is 0. The third-order valence-corrected chi connectivity index (χ3v) is 3.42. The minimum Gasteiger partial charge on any atom is -0.306 e. The first-order valence-corrected chi connectivity index (χ1v) is 6.99. The number of nitro groups is 1. The second-order valence-electron chi connectivity index (χ2n) is 5.00. The fourth-order valence-corrected chi connectivity index (χ4v) is 2.20. The molecule has 21 heavy (non-hydrogen) atoms. The number of pyridine rings is 1. The molecule has 2 aromatic rings. The lowest BCUT2D eigenvalue weighted by Crippen LogP contribution is -2.20. The van der Waals surface area contributed by atoms with Crippen LogP contribution in [0.25, 0.3) is 0 Å². The molecule has 1 aromatic carbocycles. The highest BCUT2D eigenvalue weighted by Gasteiger charge is 2.13. The Kier molecular flexibility index (Phi) is 5.00. The van der Waals surface area contributed by atoms with Crippen molar-refractivity contribution in [1.29, 1.82) is 0 Å². The number of aryl methyl sites for hydroxylation is 1. The van der Waals surface area contributed by atoms with Gasteiger partial charge in [0, 0.05) is 36.6 Å². The van der Waals surface area contributed by atoms with Crippen LogP contribution in [0.2, 0.25) is 0 Å². The van der Waals surface area contributed by atoms with Gasteiger partial charge in [-0.2, -0.15) is 0 Å².